The third-order valence-corrected chi connectivity index (χ3v) is 3.62. The minimum Gasteiger partial charge on any atom is -0.381 e. The third-order valence-electron chi connectivity index (χ3n) is 2.53. The van der Waals surface area contributed by atoms with Crippen LogP contribution in [0.4, 0.5) is 5.82 Å². The van der Waals surface area contributed by atoms with E-state index in [-0.39, 0.29) is 0 Å². The van der Waals surface area contributed by atoms with E-state index in [0.717, 1.165) is 14.8 Å². The van der Waals surface area contributed by atoms with Crippen LogP contribution in [-0.2, 0) is 0 Å². The van der Waals surface area contributed by atoms with Crippen LogP contribution in [0.3, 0.4) is 0 Å². The van der Waals surface area contributed by atoms with Crippen LogP contribution in [0.15, 0.2) is 18.2 Å². The van der Waals surface area contributed by atoms with Crippen LogP contribution in [0.5, 0.6) is 0 Å². The van der Waals surface area contributed by atoms with Crippen molar-refractivity contribution in [2.24, 2.45) is 0 Å². The number of aromatic nitrogens is 2. The number of nitrogens with zero attached hydrogens (tertiary/aromatic N) is 1. The van der Waals surface area contributed by atoms with Crippen LogP contribution in [0, 0.1) is 17.4 Å². The minimum absolute atomic E-state index is 0.559. The van der Waals surface area contributed by atoms with Gasteiger partial charge in [0.2, 0.25) is 0 Å². The largest absolute Gasteiger partial charge is 0.381 e. The summed E-state index contributed by atoms with van der Waals surface area (Å²) >= 11 is 2.21. The molecule has 0 radical (unpaired) electrons. The van der Waals surface area contributed by atoms with Crippen molar-refractivity contribution in [1.82, 2.24) is 10.2 Å². The minimum atomic E-state index is 0.559. The molecule has 1 aromatic heterocycles. The summed E-state index contributed by atoms with van der Waals surface area (Å²) in [6.45, 7) is 4.21. The van der Waals surface area contributed by atoms with Gasteiger partial charge in [0.25, 0.3) is 0 Å². The van der Waals surface area contributed by atoms with E-state index in [4.69, 9.17) is 5.73 Å². The number of nitrogens with one attached hydrogen (secondary N) is 1. The normalized spacial score (nSPS) is 10.6. The van der Waals surface area contributed by atoms with Gasteiger partial charge in [0.15, 0.2) is 5.82 Å². The number of anilines is 1. The van der Waals surface area contributed by atoms with Crippen LogP contribution in [0.2, 0.25) is 0 Å². The van der Waals surface area contributed by atoms with Crippen LogP contribution in [-0.4, -0.2) is 10.2 Å². The highest BCUT2D eigenvalue weighted by Gasteiger charge is 2.09. The summed E-state index contributed by atoms with van der Waals surface area (Å²) in [6, 6.07) is 6.33. The van der Waals surface area contributed by atoms with E-state index in [2.05, 4.69) is 64.8 Å². The molecule has 0 amide bonds. The Hall–Kier alpha value is -1.04. The Balaban J connectivity index is 2.55. The van der Waals surface area contributed by atoms with Crippen molar-refractivity contribution in [3.8, 4) is 11.3 Å². The maximum absolute atomic E-state index is 5.70. The van der Waals surface area contributed by atoms with Crippen molar-refractivity contribution in [2.45, 2.75) is 13.8 Å². The number of H-pyrrole nitrogens is 1. The Labute approximate surface area is 102 Å². The maximum Gasteiger partial charge on any atom is 0.159 e. The van der Waals surface area contributed by atoms with Gasteiger partial charge in [-0.05, 0) is 53.6 Å². The molecule has 0 atom stereocenters. The third kappa shape index (κ3) is 1.86. The molecule has 0 aliphatic heterocycles. The van der Waals surface area contributed by atoms with E-state index in [1.807, 2.05) is 0 Å². The highest BCUT2D eigenvalue weighted by molar-refractivity contribution is 14.1. The molecule has 78 valence electrons. The fourth-order valence-corrected chi connectivity index (χ4v) is 1.98. The molecule has 0 aliphatic rings. The van der Waals surface area contributed by atoms with Gasteiger partial charge in [-0.1, -0.05) is 12.1 Å². The maximum atomic E-state index is 5.70. The van der Waals surface area contributed by atoms with Gasteiger partial charge < -0.3 is 5.73 Å². The van der Waals surface area contributed by atoms with E-state index in [1.165, 1.54) is 11.1 Å². The van der Waals surface area contributed by atoms with Crippen LogP contribution in [0.1, 0.15) is 11.1 Å². The summed E-state index contributed by atoms with van der Waals surface area (Å²) in [5.74, 6) is 0.559. The zero-order chi connectivity index (χ0) is 11.0. The Kier molecular flexibility index (Phi) is 2.68. The molecule has 3 N–H and O–H groups in total. The van der Waals surface area contributed by atoms with Crippen LogP contribution < -0.4 is 5.73 Å². The first-order valence-corrected chi connectivity index (χ1v) is 5.74. The molecule has 1 heterocycles. The number of hydrogen-bond donors (Lipinski definition) is 2. The van der Waals surface area contributed by atoms with E-state index >= 15 is 0 Å². The number of benzene rings is 1. The van der Waals surface area contributed by atoms with Crippen molar-refractivity contribution in [3.63, 3.8) is 0 Å². The van der Waals surface area contributed by atoms with Crippen molar-refractivity contribution in [1.29, 1.82) is 0 Å². The summed E-state index contributed by atoms with van der Waals surface area (Å²) in [6.07, 6.45) is 0. The van der Waals surface area contributed by atoms with Gasteiger partial charge in [-0.3, -0.25) is 5.10 Å². The van der Waals surface area contributed by atoms with Crippen molar-refractivity contribution < 1.29 is 0 Å². The lowest BCUT2D eigenvalue weighted by molar-refractivity contribution is 1.10. The quantitative estimate of drug-likeness (QED) is 0.796. The summed E-state index contributed by atoms with van der Waals surface area (Å²) in [5, 5.41) is 6.94. The number of nitrogen functional groups attached to an aromatic ring is 1. The van der Waals surface area contributed by atoms with Gasteiger partial charge in [0.05, 0.1) is 9.26 Å². The molecule has 2 aromatic rings. The fraction of sp³-hybridized carbons (Fsp3) is 0.182. The van der Waals surface area contributed by atoms with Crippen molar-refractivity contribution in [3.05, 3.63) is 32.9 Å². The Bertz CT molecular complexity index is 503. The van der Waals surface area contributed by atoms with Crippen LogP contribution in [0.25, 0.3) is 11.3 Å². The van der Waals surface area contributed by atoms with Gasteiger partial charge >= 0.3 is 0 Å². The smallest absolute Gasteiger partial charge is 0.159 e. The second kappa shape index (κ2) is 3.84. The zero-order valence-corrected chi connectivity index (χ0v) is 10.8. The zero-order valence-electron chi connectivity index (χ0n) is 8.63. The standard InChI is InChI=1S/C11H12IN3/c1-6-3-4-8(5-7(6)2)10-9(12)11(13)15-14-10/h3-5H,1-2H3,(H3,13,14,15). The molecular formula is C11H12IN3. The molecule has 15 heavy (non-hydrogen) atoms. The second-order valence-electron chi connectivity index (χ2n) is 3.60. The highest BCUT2D eigenvalue weighted by atomic mass is 127. The van der Waals surface area contributed by atoms with E-state index in [1.54, 1.807) is 0 Å². The monoisotopic (exact) mass is 313 g/mol. The molecule has 0 bridgehead atoms. The SMILES string of the molecule is Cc1ccc(-c2[nH]nc(N)c2I)cc1C. The number of rotatable bonds is 1. The Morgan fingerprint density at radius 1 is 1.27 bits per heavy atom. The Morgan fingerprint density at radius 2 is 2.00 bits per heavy atom. The molecule has 3 nitrogen and oxygen atoms in total. The number of aryl methyl sites for hydroxylation is 2. The summed E-state index contributed by atoms with van der Waals surface area (Å²) in [4.78, 5) is 0. The molecule has 0 fully saturated rings. The summed E-state index contributed by atoms with van der Waals surface area (Å²) in [5.41, 5.74) is 10.4. The van der Waals surface area contributed by atoms with Gasteiger partial charge in [0, 0.05) is 5.56 Å². The van der Waals surface area contributed by atoms with Gasteiger partial charge in [-0.15, -0.1) is 0 Å². The second-order valence-corrected chi connectivity index (χ2v) is 4.68. The van der Waals surface area contributed by atoms with Gasteiger partial charge in [-0.25, -0.2) is 0 Å². The van der Waals surface area contributed by atoms with Crippen LogP contribution >= 0.6 is 22.6 Å². The first-order valence-electron chi connectivity index (χ1n) is 4.66. The van der Waals surface area contributed by atoms with Crippen molar-refractivity contribution in [2.75, 3.05) is 5.73 Å². The molecule has 1 aromatic carbocycles. The first kappa shape index (κ1) is 10.5. The molecule has 4 heteroatoms. The summed E-state index contributed by atoms with van der Waals surface area (Å²) < 4.78 is 0.982. The molecular weight excluding hydrogens is 301 g/mol. The molecule has 0 saturated carbocycles. The molecule has 0 aliphatic carbocycles. The lowest BCUT2D eigenvalue weighted by Crippen LogP contribution is -1.87. The van der Waals surface area contributed by atoms with E-state index in [9.17, 15) is 0 Å². The number of hydrogen-bond acceptors (Lipinski definition) is 2. The average molecular weight is 313 g/mol. The van der Waals surface area contributed by atoms with Crippen molar-refractivity contribution >= 4 is 28.4 Å². The molecule has 0 saturated heterocycles. The summed E-state index contributed by atoms with van der Waals surface area (Å²) in [7, 11) is 0. The van der Waals surface area contributed by atoms with Gasteiger partial charge in [-0.2, -0.15) is 5.10 Å². The van der Waals surface area contributed by atoms with E-state index in [0.29, 0.717) is 5.82 Å². The molecule has 0 unspecified atom stereocenters. The Morgan fingerprint density at radius 3 is 2.53 bits per heavy atom. The topological polar surface area (TPSA) is 54.7 Å². The van der Waals surface area contributed by atoms with Gasteiger partial charge in [0.1, 0.15) is 0 Å². The number of halogens is 1. The predicted octanol–water partition coefficient (Wildman–Crippen LogP) is 2.88. The first-order chi connectivity index (χ1) is 7.09. The molecule has 2 rings (SSSR count). The fourth-order valence-electron chi connectivity index (χ4n) is 1.43. The highest BCUT2D eigenvalue weighted by Crippen LogP contribution is 2.27. The lowest BCUT2D eigenvalue weighted by Gasteiger charge is -2.03. The predicted molar refractivity (Wildman–Crippen MR) is 70.6 cm³/mol. The average Bonchev–Trinajstić information content (AvgIpc) is 2.53. The molecule has 0 spiro atoms. The number of nitrogens with two attached hydrogens (primary N) is 1. The lowest BCUT2D eigenvalue weighted by atomic mass is 10.0. The number of aromatic amines is 1. The van der Waals surface area contributed by atoms with E-state index < -0.39 is 0 Å².